The first kappa shape index (κ1) is 15.0. The van der Waals surface area contributed by atoms with Crippen LogP contribution in [0.25, 0.3) is 0 Å². The minimum Gasteiger partial charge on any atom is -0.545 e. The van der Waals surface area contributed by atoms with Gasteiger partial charge in [0.05, 0.1) is 11.7 Å². The third kappa shape index (κ3) is 4.32. The maximum absolute atomic E-state index is 11.8. The molecule has 0 aliphatic heterocycles. The van der Waals surface area contributed by atoms with E-state index in [2.05, 4.69) is 20.5 Å². The number of aromatic carboxylic acids is 1. The summed E-state index contributed by atoms with van der Waals surface area (Å²) >= 11 is 1.20. The zero-order chi connectivity index (χ0) is 15.2. The van der Waals surface area contributed by atoms with E-state index in [1.165, 1.54) is 30.0 Å². The van der Waals surface area contributed by atoms with Gasteiger partial charge in [-0.05, 0) is 17.7 Å². The van der Waals surface area contributed by atoms with Crippen molar-refractivity contribution in [3.8, 4) is 0 Å². The normalized spacial score (nSPS) is 10.3. The molecule has 1 amide bonds. The lowest BCUT2D eigenvalue weighted by Crippen LogP contribution is -2.22. The Hall–Kier alpha value is -2.35. The number of carboxylic acids is 1. The molecule has 7 nitrogen and oxygen atoms in total. The number of benzene rings is 1. The van der Waals surface area contributed by atoms with Gasteiger partial charge in [-0.15, -0.1) is 5.10 Å². The molecule has 1 aromatic heterocycles. The Morgan fingerprint density at radius 2 is 2.24 bits per heavy atom. The third-order valence-electron chi connectivity index (χ3n) is 2.56. The van der Waals surface area contributed by atoms with Gasteiger partial charge < -0.3 is 15.2 Å². The number of nitrogens with one attached hydrogen (secondary N) is 2. The zero-order valence-electron chi connectivity index (χ0n) is 11.3. The molecule has 1 aromatic carbocycles. The SMILES string of the molecule is CCc1nc(SCC(=O)Nc2cccc(C(=O)[O-])c2)n[nH]1. The third-order valence-corrected chi connectivity index (χ3v) is 3.41. The number of H-pyrrole nitrogens is 1. The summed E-state index contributed by atoms with van der Waals surface area (Å²) in [5, 5.41) is 20.6. The molecule has 1 heterocycles. The van der Waals surface area contributed by atoms with Gasteiger partial charge in [-0.2, -0.15) is 0 Å². The quantitative estimate of drug-likeness (QED) is 0.750. The van der Waals surface area contributed by atoms with Crippen LogP contribution >= 0.6 is 11.8 Å². The highest BCUT2D eigenvalue weighted by Crippen LogP contribution is 2.14. The van der Waals surface area contributed by atoms with Gasteiger partial charge in [0, 0.05) is 12.1 Å². The second-order valence-corrected chi connectivity index (χ2v) is 5.07. The fourth-order valence-corrected chi connectivity index (χ4v) is 2.17. The highest BCUT2D eigenvalue weighted by atomic mass is 32.2. The number of aromatic nitrogens is 3. The molecule has 8 heteroatoms. The monoisotopic (exact) mass is 305 g/mol. The minimum absolute atomic E-state index is 0.0157. The number of nitrogens with zero attached hydrogens (tertiary/aromatic N) is 2. The number of aromatic amines is 1. The number of carboxylic acid groups (broad SMARTS) is 1. The van der Waals surface area contributed by atoms with E-state index in [4.69, 9.17) is 0 Å². The number of anilines is 1. The Bertz CT molecular complexity index is 656. The summed E-state index contributed by atoms with van der Waals surface area (Å²) < 4.78 is 0. The van der Waals surface area contributed by atoms with Crippen molar-refractivity contribution in [2.24, 2.45) is 0 Å². The molecule has 110 valence electrons. The number of aryl methyl sites for hydroxylation is 1. The summed E-state index contributed by atoms with van der Waals surface area (Å²) in [5.41, 5.74) is 0.425. The molecule has 0 unspecified atom stereocenters. The van der Waals surface area contributed by atoms with Crippen LogP contribution in [0, 0.1) is 0 Å². The lowest BCUT2D eigenvalue weighted by Gasteiger charge is -2.07. The standard InChI is InChI=1S/C13H14N4O3S/c1-2-10-15-13(17-16-10)21-7-11(18)14-9-5-3-4-8(6-9)12(19)20/h3-6H,2,7H2,1H3,(H,14,18)(H,19,20)(H,15,16,17)/p-1. The number of carbonyl (C=O) groups is 2. The fraction of sp³-hybridized carbons (Fsp3) is 0.231. The second kappa shape index (κ2) is 6.89. The van der Waals surface area contributed by atoms with Crippen LogP contribution in [0.15, 0.2) is 29.4 Å². The van der Waals surface area contributed by atoms with E-state index in [0.29, 0.717) is 10.8 Å². The van der Waals surface area contributed by atoms with Crippen LogP contribution in [-0.4, -0.2) is 32.8 Å². The van der Waals surface area contributed by atoms with Crippen molar-refractivity contribution >= 4 is 29.3 Å². The Balaban J connectivity index is 1.89. The van der Waals surface area contributed by atoms with E-state index in [0.717, 1.165) is 12.2 Å². The van der Waals surface area contributed by atoms with Gasteiger partial charge in [0.15, 0.2) is 0 Å². The van der Waals surface area contributed by atoms with E-state index >= 15 is 0 Å². The minimum atomic E-state index is -1.28. The Morgan fingerprint density at radius 1 is 1.43 bits per heavy atom. The van der Waals surface area contributed by atoms with Crippen LogP contribution in [0.3, 0.4) is 0 Å². The molecule has 0 atom stereocenters. The van der Waals surface area contributed by atoms with Crippen LogP contribution in [0.2, 0.25) is 0 Å². The summed E-state index contributed by atoms with van der Waals surface area (Å²) in [6.45, 7) is 1.95. The first-order valence-corrected chi connectivity index (χ1v) is 7.22. The molecule has 0 aliphatic rings. The lowest BCUT2D eigenvalue weighted by atomic mass is 10.2. The molecule has 2 N–H and O–H groups in total. The molecule has 0 bridgehead atoms. The second-order valence-electron chi connectivity index (χ2n) is 4.12. The summed E-state index contributed by atoms with van der Waals surface area (Å²) in [6, 6.07) is 5.90. The molecule has 0 radical (unpaired) electrons. The first-order valence-electron chi connectivity index (χ1n) is 6.24. The maximum Gasteiger partial charge on any atom is 0.234 e. The summed E-state index contributed by atoms with van der Waals surface area (Å²) in [7, 11) is 0. The van der Waals surface area contributed by atoms with Crippen molar-refractivity contribution in [2.45, 2.75) is 18.5 Å². The van der Waals surface area contributed by atoms with Crippen molar-refractivity contribution in [3.05, 3.63) is 35.7 Å². The molecule has 2 rings (SSSR count). The van der Waals surface area contributed by atoms with Crippen LogP contribution in [0.5, 0.6) is 0 Å². The van der Waals surface area contributed by atoms with Gasteiger partial charge >= 0.3 is 0 Å². The number of amides is 1. The molecule has 0 saturated carbocycles. The van der Waals surface area contributed by atoms with E-state index in [1.54, 1.807) is 6.07 Å². The summed E-state index contributed by atoms with van der Waals surface area (Å²) in [4.78, 5) is 26.7. The molecular weight excluding hydrogens is 292 g/mol. The molecule has 21 heavy (non-hydrogen) atoms. The number of thioether (sulfide) groups is 1. The zero-order valence-corrected chi connectivity index (χ0v) is 12.1. The number of hydrogen-bond acceptors (Lipinski definition) is 6. The predicted octanol–water partition coefficient (Wildman–Crippen LogP) is 0.461. The van der Waals surface area contributed by atoms with Gasteiger partial charge in [0.2, 0.25) is 11.1 Å². The van der Waals surface area contributed by atoms with Crippen LogP contribution in [0.1, 0.15) is 23.1 Å². The topological polar surface area (TPSA) is 111 Å². The molecule has 0 saturated heterocycles. The van der Waals surface area contributed by atoms with Crippen molar-refractivity contribution in [2.75, 3.05) is 11.1 Å². The molecule has 0 aliphatic carbocycles. The average molecular weight is 305 g/mol. The smallest absolute Gasteiger partial charge is 0.234 e. The van der Waals surface area contributed by atoms with Gasteiger partial charge in [-0.25, -0.2) is 4.98 Å². The highest BCUT2D eigenvalue weighted by Gasteiger charge is 2.08. The molecule has 0 spiro atoms. The van der Waals surface area contributed by atoms with Crippen LogP contribution in [-0.2, 0) is 11.2 Å². The van der Waals surface area contributed by atoms with Crippen molar-refractivity contribution < 1.29 is 14.7 Å². The Kier molecular flexibility index (Phi) is 4.94. The van der Waals surface area contributed by atoms with Gasteiger partial charge in [0.25, 0.3) is 0 Å². The van der Waals surface area contributed by atoms with Crippen molar-refractivity contribution in [3.63, 3.8) is 0 Å². The number of rotatable bonds is 6. The Labute approximate surface area is 125 Å². The predicted molar refractivity (Wildman–Crippen MR) is 75.9 cm³/mol. The van der Waals surface area contributed by atoms with Gasteiger partial charge in [-0.1, -0.05) is 30.8 Å². The van der Waals surface area contributed by atoms with Gasteiger partial charge in [-0.3, -0.25) is 9.89 Å². The van der Waals surface area contributed by atoms with E-state index in [9.17, 15) is 14.7 Å². The number of carbonyl (C=O) groups excluding carboxylic acids is 2. The molecule has 2 aromatic rings. The number of hydrogen-bond donors (Lipinski definition) is 2. The van der Waals surface area contributed by atoms with Crippen molar-refractivity contribution in [1.29, 1.82) is 0 Å². The van der Waals surface area contributed by atoms with Crippen LogP contribution < -0.4 is 10.4 Å². The van der Waals surface area contributed by atoms with E-state index in [1.807, 2.05) is 6.92 Å². The van der Waals surface area contributed by atoms with Crippen molar-refractivity contribution in [1.82, 2.24) is 15.2 Å². The fourth-order valence-electron chi connectivity index (χ4n) is 1.55. The van der Waals surface area contributed by atoms with Gasteiger partial charge in [0.1, 0.15) is 5.82 Å². The maximum atomic E-state index is 11.8. The lowest BCUT2D eigenvalue weighted by molar-refractivity contribution is -0.255. The molecule has 0 fully saturated rings. The summed E-state index contributed by atoms with van der Waals surface area (Å²) in [5.74, 6) is -0.650. The largest absolute Gasteiger partial charge is 0.545 e. The highest BCUT2D eigenvalue weighted by molar-refractivity contribution is 7.99. The molecular formula is C13H13N4O3S-. The first-order chi connectivity index (χ1) is 10.1. The Morgan fingerprint density at radius 3 is 2.90 bits per heavy atom. The van der Waals surface area contributed by atoms with Crippen LogP contribution in [0.4, 0.5) is 5.69 Å². The average Bonchev–Trinajstić information content (AvgIpc) is 2.93. The summed E-state index contributed by atoms with van der Waals surface area (Å²) in [6.07, 6.45) is 0.746. The van der Waals surface area contributed by atoms with E-state index < -0.39 is 5.97 Å². The van der Waals surface area contributed by atoms with E-state index in [-0.39, 0.29) is 17.2 Å².